The molecule has 1 aliphatic rings. The Balaban J connectivity index is 2.72. The van der Waals surface area contributed by atoms with Gasteiger partial charge in [0.2, 0.25) is 0 Å². The first-order valence-electron chi connectivity index (χ1n) is 5.66. The van der Waals surface area contributed by atoms with E-state index in [9.17, 15) is 5.11 Å². The van der Waals surface area contributed by atoms with Gasteiger partial charge in [0.25, 0.3) is 0 Å². The zero-order chi connectivity index (χ0) is 11.5. The highest BCUT2D eigenvalue weighted by Crippen LogP contribution is 2.33. The van der Waals surface area contributed by atoms with Crippen LogP contribution in [-0.2, 0) is 0 Å². The van der Waals surface area contributed by atoms with Crippen LogP contribution in [0.2, 0.25) is 25.7 Å². The van der Waals surface area contributed by atoms with Crippen LogP contribution in [0.5, 0.6) is 0 Å². The number of azide groups is 1. The normalized spacial score (nSPS) is 32.1. The van der Waals surface area contributed by atoms with Gasteiger partial charge in [0, 0.05) is 19.0 Å². The molecule has 1 N–H and O–H groups in total. The molecule has 0 heterocycles. The van der Waals surface area contributed by atoms with Crippen LogP contribution < -0.4 is 0 Å². The maximum absolute atomic E-state index is 9.97. The molecule has 1 rings (SSSR count). The first-order chi connectivity index (χ1) is 6.94. The standard InChI is InChI=1S/C10H21N3OSi/c1-15(2,3)7-8-9(12-13-11)5-4-6-10(8)14/h8-10,14H,4-7H2,1-3H3/t8-,9+,10+/m1/s1. The minimum atomic E-state index is -1.20. The summed E-state index contributed by atoms with van der Waals surface area (Å²) in [5, 5.41) is 13.8. The molecular formula is C10H21N3OSi. The molecule has 1 aliphatic carbocycles. The number of nitrogens with zero attached hydrogens (tertiary/aromatic N) is 3. The van der Waals surface area contributed by atoms with Crippen LogP contribution in [0.1, 0.15) is 19.3 Å². The highest BCUT2D eigenvalue weighted by atomic mass is 28.3. The molecular weight excluding hydrogens is 206 g/mol. The second-order valence-corrected chi connectivity index (χ2v) is 11.2. The molecule has 4 nitrogen and oxygen atoms in total. The third-order valence-electron chi connectivity index (χ3n) is 3.04. The average molecular weight is 227 g/mol. The van der Waals surface area contributed by atoms with E-state index in [1.54, 1.807) is 0 Å². The second-order valence-electron chi connectivity index (χ2n) is 5.70. The quantitative estimate of drug-likeness (QED) is 0.342. The van der Waals surface area contributed by atoms with E-state index in [0.29, 0.717) is 0 Å². The maximum Gasteiger partial charge on any atom is 0.0569 e. The van der Waals surface area contributed by atoms with Gasteiger partial charge in [-0.3, -0.25) is 0 Å². The Morgan fingerprint density at radius 2 is 2.07 bits per heavy atom. The first-order valence-corrected chi connectivity index (χ1v) is 9.37. The summed E-state index contributed by atoms with van der Waals surface area (Å²) in [4.78, 5) is 2.90. The molecule has 0 aliphatic heterocycles. The predicted octanol–water partition coefficient (Wildman–Crippen LogP) is 3.16. The van der Waals surface area contributed by atoms with Crippen molar-refractivity contribution in [3.05, 3.63) is 10.4 Å². The van der Waals surface area contributed by atoms with Crippen LogP contribution in [0.4, 0.5) is 0 Å². The highest BCUT2D eigenvalue weighted by molar-refractivity contribution is 6.76. The van der Waals surface area contributed by atoms with Gasteiger partial charge in [0.05, 0.1) is 6.10 Å². The first kappa shape index (κ1) is 12.6. The summed E-state index contributed by atoms with van der Waals surface area (Å²) < 4.78 is 0. The number of aliphatic hydroxyl groups is 1. The van der Waals surface area contributed by atoms with E-state index in [-0.39, 0.29) is 18.1 Å². The molecule has 5 heteroatoms. The molecule has 15 heavy (non-hydrogen) atoms. The molecule has 0 aromatic heterocycles. The molecule has 0 aromatic rings. The van der Waals surface area contributed by atoms with Crippen molar-refractivity contribution in [3.8, 4) is 0 Å². The molecule has 0 radical (unpaired) electrons. The largest absolute Gasteiger partial charge is 0.393 e. The van der Waals surface area contributed by atoms with Gasteiger partial charge in [0.15, 0.2) is 0 Å². The van der Waals surface area contributed by atoms with Crippen molar-refractivity contribution in [3.63, 3.8) is 0 Å². The fourth-order valence-electron chi connectivity index (χ4n) is 2.41. The monoisotopic (exact) mass is 227 g/mol. The van der Waals surface area contributed by atoms with Crippen molar-refractivity contribution >= 4 is 8.07 Å². The van der Waals surface area contributed by atoms with Crippen molar-refractivity contribution in [2.45, 2.75) is 57.1 Å². The van der Waals surface area contributed by atoms with Gasteiger partial charge >= 0.3 is 0 Å². The van der Waals surface area contributed by atoms with Gasteiger partial charge < -0.3 is 5.11 Å². The summed E-state index contributed by atoms with van der Waals surface area (Å²) in [6, 6.07) is 1.07. The van der Waals surface area contributed by atoms with Crippen molar-refractivity contribution < 1.29 is 5.11 Å². The maximum atomic E-state index is 9.97. The van der Waals surface area contributed by atoms with Crippen LogP contribution in [-0.4, -0.2) is 25.3 Å². The summed E-state index contributed by atoms with van der Waals surface area (Å²) in [5.74, 6) is 0.196. The third kappa shape index (κ3) is 3.85. The predicted molar refractivity (Wildman–Crippen MR) is 64.4 cm³/mol. The smallest absolute Gasteiger partial charge is 0.0569 e. The second kappa shape index (κ2) is 5.01. The van der Waals surface area contributed by atoms with E-state index in [1.807, 2.05) is 0 Å². The molecule has 0 amide bonds. The average Bonchev–Trinajstić information content (AvgIpc) is 2.10. The molecule has 0 saturated heterocycles. The molecule has 0 spiro atoms. The van der Waals surface area contributed by atoms with E-state index in [1.165, 1.54) is 0 Å². The van der Waals surface area contributed by atoms with Gasteiger partial charge in [-0.15, -0.1) is 0 Å². The number of hydrogen-bond acceptors (Lipinski definition) is 2. The topological polar surface area (TPSA) is 69.0 Å². The summed E-state index contributed by atoms with van der Waals surface area (Å²) in [6.07, 6.45) is 2.52. The van der Waals surface area contributed by atoms with Crippen molar-refractivity contribution in [2.24, 2.45) is 11.0 Å². The summed E-state index contributed by atoms with van der Waals surface area (Å²) in [7, 11) is -1.20. The number of rotatable bonds is 3. The van der Waals surface area contributed by atoms with E-state index in [0.717, 1.165) is 25.3 Å². The van der Waals surface area contributed by atoms with E-state index in [4.69, 9.17) is 5.53 Å². The lowest BCUT2D eigenvalue weighted by Crippen LogP contribution is -2.39. The summed E-state index contributed by atoms with van der Waals surface area (Å²) in [6.45, 7) is 6.88. The van der Waals surface area contributed by atoms with Crippen LogP contribution in [0.15, 0.2) is 5.11 Å². The molecule has 3 atom stereocenters. The minimum absolute atomic E-state index is 0.0190. The fraction of sp³-hybridized carbons (Fsp3) is 1.00. The van der Waals surface area contributed by atoms with Gasteiger partial charge in [-0.25, -0.2) is 0 Å². The molecule has 86 valence electrons. The zero-order valence-corrected chi connectivity index (χ0v) is 10.8. The highest BCUT2D eigenvalue weighted by Gasteiger charge is 2.34. The Bertz CT molecular complexity index is 258. The van der Waals surface area contributed by atoms with Crippen molar-refractivity contribution in [2.75, 3.05) is 0 Å². The van der Waals surface area contributed by atoms with E-state index >= 15 is 0 Å². The van der Waals surface area contributed by atoms with Crippen LogP contribution in [0, 0.1) is 5.92 Å². The van der Waals surface area contributed by atoms with E-state index < -0.39 is 8.07 Å². The SMILES string of the molecule is C[Si](C)(C)C[C@@H]1[C@@H](N=[N+]=[N-])CCC[C@@H]1O. The summed E-state index contributed by atoms with van der Waals surface area (Å²) in [5.41, 5.74) is 8.51. The van der Waals surface area contributed by atoms with Gasteiger partial charge in [-0.1, -0.05) is 37.2 Å². The Hall–Kier alpha value is -0.513. The van der Waals surface area contributed by atoms with E-state index in [2.05, 4.69) is 29.7 Å². The van der Waals surface area contributed by atoms with Crippen molar-refractivity contribution in [1.82, 2.24) is 0 Å². The molecule has 0 aromatic carbocycles. The zero-order valence-electron chi connectivity index (χ0n) is 9.85. The molecule has 1 fully saturated rings. The van der Waals surface area contributed by atoms with Gasteiger partial charge in [0.1, 0.15) is 0 Å². The Morgan fingerprint density at radius 3 is 2.60 bits per heavy atom. The molecule has 0 bridgehead atoms. The Kier molecular flexibility index (Phi) is 4.19. The number of hydrogen-bond donors (Lipinski definition) is 1. The summed E-state index contributed by atoms with van der Waals surface area (Å²) >= 11 is 0. The molecule has 1 saturated carbocycles. The molecule has 0 unspecified atom stereocenters. The van der Waals surface area contributed by atoms with Crippen molar-refractivity contribution in [1.29, 1.82) is 0 Å². The van der Waals surface area contributed by atoms with Gasteiger partial charge in [-0.2, -0.15) is 0 Å². The van der Waals surface area contributed by atoms with Gasteiger partial charge in [-0.05, 0) is 24.3 Å². The van der Waals surface area contributed by atoms with Crippen LogP contribution in [0.3, 0.4) is 0 Å². The lowest BCUT2D eigenvalue weighted by Gasteiger charge is -2.36. The minimum Gasteiger partial charge on any atom is -0.393 e. The lowest BCUT2D eigenvalue weighted by molar-refractivity contribution is 0.0665. The Labute approximate surface area is 92.3 Å². The Morgan fingerprint density at radius 1 is 1.40 bits per heavy atom. The number of aliphatic hydroxyl groups excluding tert-OH is 1. The van der Waals surface area contributed by atoms with Crippen LogP contribution >= 0.6 is 0 Å². The van der Waals surface area contributed by atoms with Crippen LogP contribution in [0.25, 0.3) is 10.4 Å². The third-order valence-corrected chi connectivity index (χ3v) is 4.73. The fourth-order valence-corrected chi connectivity index (χ4v) is 4.37. The lowest BCUT2D eigenvalue weighted by atomic mass is 9.84.